The van der Waals surface area contributed by atoms with E-state index < -0.39 is 0 Å². The van der Waals surface area contributed by atoms with E-state index in [2.05, 4.69) is 16.9 Å². The van der Waals surface area contributed by atoms with Crippen LogP contribution in [0.1, 0.15) is 32.6 Å². The molecule has 92 valence electrons. The molecule has 1 unspecified atom stereocenters. The highest BCUT2D eigenvalue weighted by Gasteiger charge is 2.20. The van der Waals surface area contributed by atoms with E-state index in [0.717, 1.165) is 39.1 Å². The van der Waals surface area contributed by atoms with E-state index in [0.29, 0.717) is 12.5 Å². The van der Waals surface area contributed by atoms with Crippen LogP contribution in [0, 0.1) is 5.92 Å². The minimum absolute atomic E-state index is 0.114. The van der Waals surface area contributed by atoms with Crippen molar-refractivity contribution in [2.45, 2.75) is 38.7 Å². The van der Waals surface area contributed by atoms with Crippen molar-refractivity contribution < 1.29 is 9.47 Å². The smallest absolute Gasteiger partial charge is 0.0631 e. The molecule has 1 heterocycles. The zero-order chi connectivity index (χ0) is 11.6. The molecule has 2 atom stereocenters. The van der Waals surface area contributed by atoms with E-state index >= 15 is 0 Å². The normalized spacial score (nSPS) is 25.1. The summed E-state index contributed by atoms with van der Waals surface area (Å²) in [5, 5.41) is 3.53. The highest BCUT2D eigenvalue weighted by atomic mass is 16.5. The van der Waals surface area contributed by atoms with Crippen molar-refractivity contribution in [3.05, 3.63) is 10.4 Å². The van der Waals surface area contributed by atoms with Crippen LogP contribution in [0.25, 0.3) is 10.4 Å². The summed E-state index contributed by atoms with van der Waals surface area (Å²) in [6, 6.07) is 0. The highest BCUT2D eigenvalue weighted by Crippen LogP contribution is 2.19. The van der Waals surface area contributed by atoms with Gasteiger partial charge in [-0.1, -0.05) is 18.5 Å². The van der Waals surface area contributed by atoms with Crippen LogP contribution in [0.3, 0.4) is 0 Å². The van der Waals surface area contributed by atoms with E-state index in [1.54, 1.807) is 0 Å². The lowest BCUT2D eigenvalue weighted by Crippen LogP contribution is -2.30. The Balaban J connectivity index is 2.05. The Bertz CT molecular complexity index is 221. The van der Waals surface area contributed by atoms with Crippen LogP contribution in [0.15, 0.2) is 5.11 Å². The maximum Gasteiger partial charge on any atom is 0.0631 e. The van der Waals surface area contributed by atoms with Crippen LogP contribution in [0.2, 0.25) is 0 Å². The molecule has 16 heavy (non-hydrogen) atoms. The highest BCUT2D eigenvalue weighted by molar-refractivity contribution is 4.72. The summed E-state index contributed by atoms with van der Waals surface area (Å²) in [4.78, 5) is 2.74. The zero-order valence-electron chi connectivity index (χ0n) is 9.97. The van der Waals surface area contributed by atoms with Crippen LogP contribution in [0.5, 0.6) is 0 Å². The number of hydrogen-bond donors (Lipinski definition) is 0. The van der Waals surface area contributed by atoms with Gasteiger partial charge in [0, 0.05) is 17.4 Å². The predicted octanol–water partition coefficient (Wildman–Crippen LogP) is 2.91. The largest absolute Gasteiger partial charge is 0.381 e. The van der Waals surface area contributed by atoms with Gasteiger partial charge in [0.15, 0.2) is 0 Å². The average Bonchev–Trinajstić information content (AvgIpc) is 2.33. The van der Waals surface area contributed by atoms with Gasteiger partial charge in [-0.3, -0.25) is 0 Å². The van der Waals surface area contributed by atoms with Gasteiger partial charge in [-0.15, -0.1) is 0 Å². The molecule has 0 bridgehead atoms. The summed E-state index contributed by atoms with van der Waals surface area (Å²) >= 11 is 0. The first kappa shape index (κ1) is 13.3. The first-order valence-corrected chi connectivity index (χ1v) is 6.07. The first-order valence-electron chi connectivity index (χ1n) is 6.07. The SMILES string of the molecule is CCCCOC[C@@H]1CCC(CN=[N+]=[N-])OC1. The summed E-state index contributed by atoms with van der Waals surface area (Å²) in [7, 11) is 0. The van der Waals surface area contributed by atoms with Gasteiger partial charge in [-0.05, 0) is 24.8 Å². The van der Waals surface area contributed by atoms with Crippen molar-refractivity contribution >= 4 is 0 Å². The van der Waals surface area contributed by atoms with Crippen LogP contribution in [-0.4, -0.2) is 32.5 Å². The Morgan fingerprint density at radius 3 is 3.00 bits per heavy atom. The van der Waals surface area contributed by atoms with Crippen molar-refractivity contribution in [2.75, 3.05) is 26.4 Å². The molecular weight excluding hydrogens is 206 g/mol. The Morgan fingerprint density at radius 2 is 2.38 bits per heavy atom. The molecule has 0 amide bonds. The van der Waals surface area contributed by atoms with Gasteiger partial charge in [0.1, 0.15) is 0 Å². The molecule has 0 radical (unpaired) electrons. The van der Waals surface area contributed by atoms with E-state index in [1.165, 1.54) is 6.42 Å². The standard InChI is InChI=1S/C11H21N3O2/c1-2-3-6-15-8-10-4-5-11(16-9-10)7-13-14-12/h10-11H,2-9H2,1H3/t10-,11?/m0/s1. The molecule has 5 heteroatoms. The third kappa shape index (κ3) is 5.35. The van der Waals surface area contributed by atoms with Gasteiger partial charge >= 0.3 is 0 Å². The molecule has 0 aliphatic carbocycles. The zero-order valence-corrected chi connectivity index (χ0v) is 9.97. The molecule has 0 saturated carbocycles. The van der Waals surface area contributed by atoms with Crippen molar-refractivity contribution in [1.29, 1.82) is 0 Å². The Morgan fingerprint density at radius 1 is 1.50 bits per heavy atom. The molecule has 5 nitrogen and oxygen atoms in total. The summed E-state index contributed by atoms with van der Waals surface area (Å²) in [6.07, 6.45) is 4.50. The Labute approximate surface area is 96.7 Å². The summed E-state index contributed by atoms with van der Waals surface area (Å²) in [5.74, 6) is 0.513. The molecule has 0 spiro atoms. The Hall–Kier alpha value is -0.770. The minimum Gasteiger partial charge on any atom is -0.381 e. The molecule has 1 rings (SSSR count). The van der Waals surface area contributed by atoms with E-state index in [4.69, 9.17) is 15.0 Å². The minimum atomic E-state index is 0.114. The fraction of sp³-hybridized carbons (Fsp3) is 1.00. The number of nitrogens with zero attached hydrogens (tertiary/aromatic N) is 3. The lowest BCUT2D eigenvalue weighted by Gasteiger charge is -2.27. The van der Waals surface area contributed by atoms with Gasteiger partial charge in [0.2, 0.25) is 0 Å². The van der Waals surface area contributed by atoms with E-state index in [9.17, 15) is 0 Å². The predicted molar refractivity (Wildman–Crippen MR) is 62.2 cm³/mol. The quantitative estimate of drug-likeness (QED) is 0.290. The summed E-state index contributed by atoms with van der Waals surface area (Å²) in [5.41, 5.74) is 8.20. The molecule has 1 aliphatic heterocycles. The lowest BCUT2D eigenvalue weighted by atomic mass is 9.99. The number of hydrogen-bond acceptors (Lipinski definition) is 3. The maximum absolute atomic E-state index is 8.20. The topological polar surface area (TPSA) is 67.2 Å². The average molecular weight is 227 g/mol. The Kier molecular flexibility index (Phi) is 6.97. The van der Waals surface area contributed by atoms with Gasteiger partial charge in [0.05, 0.1) is 25.9 Å². The molecule has 0 aromatic heterocycles. The lowest BCUT2D eigenvalue weighted by molar-refractivity contribution is -0.0378. The van der Waals surface area contributed by atoms with Crippen molar-refractivity contribution in [2.24, 2.45) is 11.0 Å². The molecule has 1 aliphatic rings. The van der Waals surface area contributed by atoms with Gasteiger partial charge in [-0.2, -0.15) is 0 Å². The number of unbranched alkanes of at least 4 members (excludes halogenated alkanes) is 1. The summed E-state index contributed by atoms with van der Waals surface area (Å²) < 4.78 is 11.2. The van der Waals surface area contributed by atoms with E-state index in [1.807, 2.05) is 0 Å². The number of rotatable bonds is 7. The monoisotopic (exact) mass is 227 g/mol. The van der Waals surface area contributed by atoms with Crippen molar-refractivity contribution in [3.63, 3.8) is 0 Å². The third-order valence-corrected chi connectivity index (χ3v) is 2.81. The second-order valence-corrected chi connectivity index (χ2v) is 4.24. The van der Waals surface area contributed by atoms with Gasteiger partial charge in [0.25, 0.3) is 0 Å². The second-order valence-electron chi connectivity index (χ2n) is 4.24. The second kappa shape index (κ2) is 8.39. The molecule has 1 fully saturated rings. The molecule has 0 N–H and O–H groups in total. The van der Waals surface area contributed by atoms with Gasteiger partial charge in [-0.25, -0.2) is 0 Å². The van der Waals surface area contributed by atoms with Gasteiger partial charge < -0.3 is 9.47 Å². The third-order valence-electron chi connectivity index (χ3n) is 2.81. The fourth-order valence-corrected chi connectivity index (χ4v) is 1.76. The van der Waals surface area contributed by atoms with Crippen LogP contribution in [0.4, 0.5) is 0 Å². The molecule has 0 aromatic rings. The molecule has 0 aromatic carbocycles. The molecule has 1 saturated heterocycles. The summed E-state index contributed by atoms with van der Waals surface area (Å²) in [6.45, 7) is 5.01. The van der Waals surface area contributed by atoms with Crippen LogP contribution in [-0.2, 0) is 9.47 Å². The van der Waals surface area contributed by atoms with Crippen molar-refractivity contribution in [1.82, 2.24) is 0 Å². The van der Waals surface area contributed by atoms with Crippen LogP contribution < -0.4 is 0 Å². The number of azide groups is 1. The van der Waals surface area contributed by atoms with E-state index in [-0.39, 0.29) is 6.10 Å². The van der Waals surface area contributed by atoms with Crippen molar-refractivity contribution in [3.8, 4) is 0 Å². The first-order chi connectivity index (χ1) is 7.86. The fourth-order valence-electron chi connectivity index (χ4n) is 1.76. The molecular formula is C11H21N3O2. The van der Waals surface area contributed by atoms with Crippen LogP contribution >= 0.6 is 0 Å². The number of ether oxygens (including phenoxy) is 2. The maximum atomic E-state index is 8.20.